The smallest absolute Gasteiger partial charge is 0.119 e. The fraction of sp³-hybridized carbons (Fsp3) is 0.333. The molecule has 0 saturated carbocycles. The maximum absolute atomic E-state index is 5.70. The van der Waals surface area contributed by atoms with Crippen LogP contribution in [0.25, 0.3) is 0 Å². The van der Waals surface area contributed by atoms with E-state index < -0.39 is 0 Å². The average Bonchev–Trinajstić information content (AvgIpc) is 2.53. The summed E-state index contributed by atoms with van der Waals surface area (Å²) in [5.74, 6) is 1.83. The van der Waals surface area contributed by atoms with Crippen molar-refractivity contribution in [1.29, 1.82) is 0 Å². The minimum Gasteiger partial charge on any atom is -0.497 e. The number of ether oxygens (including phenoxy) is 2. The number of methoxy groups -OCH3 is 1. The number of aryl methyl sites for hydroxylation is 1. The van der Waals surface area contributed by atoms with Gasteiger partial charge in [0.1, 0.15) is 11.5 Å². The quantitative estimate of drug-likeness (QED) is 0.735. The summed E-state index contributed by atoms with van der Waals surface area (Å²) in [5, 5.41) is 3.39. The number of hydrogen-bond donors (Lipinski definition) is 1. The largest absolute Gasteiger partial charge is 0.497 e. The summed E-state index contributed by atoms with van der Waals surface area (Å²) < 4.78 is 10.8. The van der Waals surface area contributed by atoms with Crippen LogP contribution in [0.3, 0.4) is 0 Å². The highest BCUT2D eigenvalue weighted by Crippen LogP contribution is 2.15. The molecule has 0 fully saturated rings. The van der Waals surface area contributed by atoms with Crippen LogP contribution in [0, 0.1) is 6.92 Å². The number of benzene rings is 2. The normalized spacial score (nSPS) is 10.2. The minimum absolute atomic E-state index is 0.757. The van der Waals surface area contributed by atoms with Crippen LogP contribution in [-0.2, 0) is 0 Å². The zero-order chi connectivity index (χ0) is 14.9. The maximum Gasteiger partial charge on any atom is 0.119 e. The van der Waals surface area contributed by atoms with Crippen LogP contribution in [0.4, 0.5) is 5.69 Å². The lowest BCUT2D eigenvalue weighted by atomic mass is 10.2. The van der Waals surface area contributed by atoms with E-state index >= 15 is 0 Å². The molecule has 0 amide bonds. The van der Waals surface area contributed by atoms with Gasteiger partial charge in [-0.2, -0.15) is 0 Å². The second-order valence-corrected chi connectivity index (χ2v) is 5.02. The van der Waals surface area contributed by atoms with E-state index in [2.05, 4.69) is 24.4 Å². The van der Waals surface area contributed by atoms with Gasteiger partial charge in [-0.1, -0.05) is 17.7 Å². The molecule has 0 unspecified atom stereocenters. The summed E-state index contributed by atoms with van der Waals surface area (Å²) in [6, 6.07) is 16.2. The standard InChI is InChI=1S/C18H23NO2/c1-15-5-9-18(10-6-15)21-14-4-3-13-19-16-7-11-17(20-2)12-8-16/h5-12,19H,3-4,13-14H2,1-2H3. The van der Waals surface area contributed by atoms with Gasteiger partial charge in [-0.05, 0) is 56.2 Å². The summed E-state index contributed by atoms with van der Waals surface area (Å²) in [6.07, 6.45) is 2.12. The molecular weight excluding hydrogens is 262 g/mol. The molecular formula is C18H23NO2. The molecule has 3 nitrogen and oxygen atoms in total. The third kappa shape index (κ3) is 5.38. The summed E-state index contributed by atoms with van der Waals surface area (Å²) >= 11 is 0. The van der Waals surface area contributed by atoms with Gasteiger partial charge in [-0.3, -0.25) is 0 Å². The van der Waals surface area contributed by atoms with Crippen LogP contribution in [0.1, 0.15) is 18.4 Å². The topological polar surface area (TPSA) is 30.5 Å². The lowest BCUT2D eigenvalue weighted by Crippen LogP contribution is -2.04. The van der Waals surface area contributed by atoms with Crippen molar-refractivity contribution in [1.82, 2.24) is 0 Å². The van der Waals surface area contributed by atoms with Crippen molar-refractivity contribution in [3.8, 4) is 11.5 Å². The van der Waals surface area contributed by atoms with Gasteiger partial charge < -0.3 is 14.8 Å². The van der Waals surface area contributed by atoms with Gasteiger partial charge in [-0.25, -0.2) is 0 Å². The van der Waals surface area contributed by atoms with E-state index in [-0.39, 0.29) is 0 Å². The Morgan fingerprint density at radius 1 is 0.857 bits per heavy atom. The fourth-order valence-corrected chi connectivity index (χ4v) is 1.99. The van der Waals surface area contributed by atoms with Crippen molar-refractivity contribution >= 4 is 5.69 Å². The van der Waals surface area contributed by atoms with Crippen LogP contribution in [0.2, 0.25) is 0 Å². The third-order valence-electron chi connectivity index (χ3n) is 3.28. The molecule has 2 rings (SSSR count). The van der Waals surface area contributed by atoms with E-state index in [1.807, 2.05) is 36.4 Å². The monoisotopic (exact) mass is 285 g/mol. The molecule has 0 radical (unpaired) electrons. The van der Waals surface area contributed by atoms with Crippen molar-refractivity contribution in [2.75, 3.05) is 25.6 Å². The van der Waals surface area contributed by atoms with Gasteiger partial charge in [-0.15, -0.1) is 0 Å². The van der Waals surface area contributed by atoms with Crippen LogP contribution in [0.15, 0.2) is 48.5 Å². The number of hydrogen-bond acceptors (Lipinski definition) is 3. The van der Waals surface area contributed by atoms with Gasteiger partial charge in [0.2, 0.25) is 0 Å². The van der Waals surface area contributed by atoms with Gasteiger partial charge >= 0.3 is 0 Å². The zero-order valence-electron chi connectivity index (χ0n) is 12.8. The van der Waals surface area contributed by atoms with Gasteiger partial charge in [0, 0.05) is 12.2 Å². The fourth-order valence-electron chi connectivity index (χ4n) is 1.99. The molecule has 2 aromatic rings. The third-order valence-corrected chi connectivity index (χ3v) is 3.28. The molecule has 21 heavy (non-hydrogen) atoms. The highest BCUT2D eigenvalue weighted by atomic mass is 16.5. The van der Waals surface area contributed by atoms with Crippen molar-refractivity contribution in [2.24, 2.45) is 0 Å². The van der Waals surface area contributed by atoms with Crippen molar-refractivity contribution in [3.63, 3.8) is 0 Å². The Bertz CT molecular complexity index is 520. The Balaban J connectivity index is 1.58. The Kier molecular flexibility index (Phi) is 5.95. The zero-order valence-corrected chi connectivity index (χ0v) is 12.8. The summed E-state index contributed by atoms with van der Waals surface area (Å²) in [5.41, 5.74) is 2.38. The van der Waals surface area contributed by atoms with Crippen LogP contribution < -0.4 is 14.8 Å². The first-order valence-corrected chi connectivity index (χ1v) is 7.35. The second-order valence-electron chi connectivity index (χ2n) is 5.02. The van der Waals surface area contributed by atoms with Crippen LogP contribution >= 0.6 is 0 Å². The Morgan fingerprint density at radius 2 is 1.52 bits per heavy atom. The minimum atomic E-state index is 0.757. The van der Waals surface area contributed by atoms with Crippen LogP contribution in [-0.4, -0.2) is 20.3 Å². The van der Waals surface area contributed by atoms with Gasteiger partial charge in [0.15, 0.2) is 0 Å². The van der Waals surface area contributed by atoms with Crippen molar-refractivity contribution < 1.29 is 9.47 Å². The molecule has 0 saturated heterocycles. The SMILES string of the molecule is COc1ccc(NCCCCOc2ccc(C)cc2)cc1. The first-order valence-electron chi connectivity index (χ1n) is 7.35. The lowest BCUT2D eigenvalue weighted by Gasteiger charge is -2.08. The maximum atomic E-state index is 5.70. The molecule has 0 heterocycles. The summed E-state index contributed by atoms with van der Waals surface area (Å²) in [7, 11) is 1.68. The predicted octanol–water partition coefficient (Wildman–Crippen LogP) is 4.27. The number of nitrogens with one attached hydrogen (secondary N) is 1. The van der Waals surface area contributed by atoms with Gasteiger partial charge in [0.25, 0.3) is 0 Å². The van der Waals surface area contributed by atoms with E-state index in [0.29, 0.717) is 0 Å². The molecule has 0 aromatic heterocycles. The molecule has 0 aliphatic rings. The lowest BCUT2D eigenvalue weighted by molar-refractivity contribution is 0.308. The van der Waals surface area contributed by atoms with E-state index in [1.54, 1.807) is 7.11 Å². The molecule has 0 bridgehead atoms. The first-order chi connectivity index (χ1) is 10.3. The molecule has 0 atom stereocenters. The number of rotatable bonds is 8. The summed E-state index contributed by atoms with van der Waals surface area (Å²) in [4.78, 5) is 0. The Morgan fingerprint density at radius 3 is 2.19 bits per heavy atom. The molecule has 1 N–H and O–H groups in total. The van der Waals surface area contributed by atoms with Crippen molar-refractivity contribution in [3.05, 3.63) is 54.1 Å². The van der Waals surface area contributed by atoms with Gasteiger partial charge in [0.05, 0.1) is 13.7 Å². The number of anilines is 1. The van der Waals surface area contributed by atoms with Crippen LogP contribution in [0.5, 0.6) is 11.5 Å². The molecule has 112 valence electrons. The highest BCUT2D eigenvalue weighted by molar-refractivity contribution is 5.46. The average molecular weight is 285 g/mol. The molecule has 0 aliphatic carbocycles. The number of unbranched alkanes of at least 4 members (excludes halogenated alkanes) is 1. The Hall–Kier alpha value is -2.16. The van der Waals surface area contributed by atoms with E-state index in [4.69, 9.17) is 9.47 Å². The summed E-state index contributed by atoms with van der Waals surface area (Å²) in [6.45, 7) is 3.78. The van der Waals surface area contributed by atoms with Crippen molar-refractivity contribution in [2.45, 2.75) is 19.8 Å². The molecule has 0 spiro atoms. The Labute approximate surface area is 126 Å². The predicted molar refractivity (Wildman–Crippen MR) is 87.4 cm³/mol. The molecule has 3 heteroatoms. The van der Waals surface area contributed by atoms with E-state index in [9.17, 15) is 0 Å². The highest BCUT2D eigenvalue weighted by Gasteiger charge is 1.95. The van der Waals surface area contributed by atoms with E-state index in [0.717, 1.165) is 43.2 Å². The van der Waals surface area contributed by atoms with E-state index in [1.165, 1.54) is 5.56 Å². The first kappa shape index (κ1) is 15.2. The second kappa shape index (κ2) is 8.20. The molecule has 2 aromatic carbocycles. The molecule has 0 aliphatic heterocycles.